The summed E-state index contributed by atoms with van der Waals surface area (Å²) in [5, 5.41) is 2.94. The quantitative estimate of drug-likeness (QED) is 0.693. The van der Waals surface area contributed by atoms with Crippen LogP contribution in [0.4, 0.5) is 0 Å². The predicted octanol–water partition coefficient (Wildman–Crippen LogP) is 1.90. The fourth-order valence-corrected chi connectivity index (χ4v) is 3.50. The monoisotopic (exact) mass is 427 g/mol. The van der Waals surface area contributed by atoms with Crippen molar-refractivity contribution in [1.82, 2.24) is 15.1 Å². The Morgan fingerprint density at radius 1 is 0.839 bits per heavy atom. The number of benzene rings is 2. The minimum atomic E-state index is -0.107. The van der Waals surface area contributed by atoms with Gasteiger partial charge in [0.1, 0.15) is 5.75 Å². The molecule has 2 aromatic rings. The van der Waals surface area contributed by atoms with Crippen LogP contribution in [0.1, 0.15) is 20.7 Å². The van der Waals surface area contributed by atoms with Crippen molar-refractivity contribution >= 4 is 11.8 Å². The van der Waals surface area contributed by atoms with Crippen molar-refractivity contribution < 1.29 is 23.8 Å². The van der Waals surface area contributed by atoms with E-state index in [9.17, 15) is 9.59 Å². The smallest absolute Gasteiger partial charge is 0.254 e. The van der Waals surface area contributed by atoms with Crippen molar-refractivity contribution in [3.05, 3.63) is 53.6 Å². The van der Waals surface area contributed by atoms with E-state index in [1.54, 1.807) is 63.8 Å². The molecule has 1 heterocycles. The number of nitrogens with one attached hydrogen (secondary N) is 1. The zero-order valence-electron chi connectivity index (χ0n) is 18.2. The van der Waals surface area contributed by atoms with Crippen LogP contribution >= 0.6 is 0 Å². The molecule has 2 aromatic carbocycles. The molecule has 1 aliphatic rings. The van der Waals surface area contributed by atoms with Gasteiger partial charge in [-0.3, -0.25) is 14.5 Å². The average molecular weight is 428 g/mol. The lowest BCUT2D eigenvalue weighted by molar-refractivity contribution is 0.0637. The first-order valence-electron chi connectivity index (χ1n) is 10.2. The molecule has 0 radical (unpaired) electrons. The Hall–Kier alpha value is -3.26. The summed E-state index contributed by atoms with van der Waals surface area (Å²) < 4.78 is 15.6. The van der Waals surface area contributed by atoms with E-state index in [-0.39, 0.29) is 11.8 Å². The van der Waals surface area contributed by atoms with E-state index in [0.29, 0.717) is 42.3 Å². The van der Waals surface area contributed by atoms with Gasteiger partial charge in [-0.25, -0.2) is 0 Å². The Morgan fingerprint density at radius 3 is 2.10 bits per heavy atom. The summed E-state index contributed by atoms with van der Waals surface area (Å²) in [5.41, 5.74) is 1.18. The van der Waals surface area contributed by atoms with Crippen molar-refractivity contribution in [3.8, 4) is 17.2 Å². The highest BCUT2D eigenvalue weighted by Gasteiger charge is 2.23. The van der Waals surface area contributed by atoms with Gasteiger partial charge in [0.15, 0.2) is 11.5 Å². The number of piperazine rings is 1. The Balaban J connectivity index is 1.44. The van der Waals surface area contributed by atoms with Crippen molar-refractivity contribution in [1.29, 1.82) is 0 Å². The predicted molar refractivity (Wildman–Crippen MR) is 117 cm³/mol. The first-order valence-corrected chi connectivity index (χ1v) is 10.2. The number of hydrogen-bond acceptors (Lipinski definition) is 6. The van der Waals surface area contributed by atoms with E-state index >= 15 is 0 Å². The lowest BCUT2D eigenvalue weighted by Gasteiger charge is -2.34. The Labute approximate surface area is 182 Å². The standard InChI is InChI=1S/C23H29N3O5/c1-29-19-7-4-17(5-8-19)22(27)24-10-11-25-12-14-26(15-13-25)23(28)18-6-9-20(30-2)21(16-18)31-3/h4-9,16H,10-15H2,1-3H3,(H,24,27). The summed E-state index contributed by atoms with van der Waals surface area (Å²) in [6, 6.07) is 12.2. The maximum absolute atomic E-state index is 12.8. The number of carbonyl (C=O) groups excluding carboxylic acids is 2. The molecule has 0 atom stereocenters. The number of carbonyl (C=O) groups is 2. The molecule has 0 bridgehead atoms. The minimum absolute atomic E-state index is 0.0200. The van der Waals surface area contributed by atoms with Gasteiger partial charge in [-0.2, -0.15) is 0 Å². The molecule has 2 amide bonds. The van der Waals surface area contributed by atoms with Crippen molar-refractivity contribution in [2.45, 2.75) is 0 Å². The van der Waals surface area contributed by atoms with E-state index in [1.165, 1.54) is 0 Å². The third kappa shape index (κ3) is 5.67. The fourth-order valence-electron chi connectivity index (χ4n) is 3.50. The third-order valence-electron chi connectivity index (χ3n) is 5.36. The summed E-state index contributed by atoms with van der Waals surface area (Å²) in [7, 11) is 4.71. The highest BCUT2D eigenvalue weighted by molar-refractivity contribution is 5.95. The van der Waals surface area contributed by atoms with Gasteiger partial charge >= 0.3 is 0 Å². The summed E-state index contributed by atoms with van der Waals surface area (Å²) in [5.74, 6) is 1.73. The van der Waals surface area contributed by atoms with Crippen molar-refractivity contribution in [2.24, 2.45) is 0 Å². The number of amides is 2. The molecule has 0 spiro atoms. The number of methoxy groups -OCH3 is 3. The van der Waals surface area contributed by atoms with Crippen LogP contribution in [0.15, 0.2) is 42.5 Å². The first-order chi connectivity index (χ1) is 15.0. The van der Waals surface area contributed by atoms with Gasteiger partial charge in [0.05, 0.1) is 21.3 Å². The SMILES string of the molecule is COc1ccc(C(=O)NCCN2CCN(C(=O)c3ccc(OC)c(OC)c3)CC2)cc1. The molecule has 1 fully saturated rings. The lowest BCUT2D eigenvalue weighted by Crippen LogP contribution is -2.50. The van der Waals surface area contributed by atoms with Crippen LogP contribution in [0.5, 0.6) is 17.2 Å². The van der Waals surface area contributed by atoms with Crippen LogP contribution in [0, 0.1) is 0 Å². The number of rotatable bonds is 8. The molecule has 1 aliphatic heterocycles. The molecule has 0 saturated carbocycles. The summed E-state index contributed by atoms with van der Waals surface area (Å²) in [6.45, 7) is 4.09. The molecule has 1 saturated heterocycles. The van der Waals surface area contributed by atoms with Gasteiger partial charge in [-0.1, -0.05) is 0 Å². The van der Waals surface area contributed by atoms with E-state index in [0.717, 1.165) is 25.4 Å². The van der Waals surface area contributed by atoms with E-state index in [4.69, 9.17) is 14.2 Å². The number of ether oxygens (including phenoxy) is 3. The van der Waals surface area contributed by atoms with Crippen molar-refractivity contribution in [2.75, 3.05) is 60.6 Å². The van der Waals surface area contributed by atoms with Gasteiger partial charge in [0.2, 0.25) is 0 Å². The second kappa shape index (κ2) is 10.7. The molecule has 0 unspecified atom stereocenters. The second-order valence-corrected chi connectivity index (χ2v) is 7.19. The number of hydrogen-bond donors (Lipinski definition) is 1. The molecule has 0 aliphatic carbocycles. The molecular weight excluding hydrogens is 398 g/mol. The molecule has 166 valence electrons. The maximum Gasteiger partial charge on any atom is 0.254 e. The van der Waals surface area contributed by atoms with Crippen molar-refractivity contribution in [3.63, 3.8) is 0 Å². The molecule has 0 aromatic heterocycles. The highest BCUT2D eigenvalue weighted by Crippen LogP contribution is 2.28. The molecule has 3 rings (SSSR count). The number of nitrogens with zero attached hydrogens (tertiary/aromatic N) is 2. The first kappa shape index (κ1) is 22.4. The highest BCUT2D eigenvalue weighted by atomic mass is 16.5. The summed E-state index contributed by atoms with van der Waals surface area (Å²) >= 11 is 0. The Bertz CT molecular complexity index is 893. The molecule has 31 heavy (non-hydrogen) atoms. The van der Waals surface area contributed by atoms with Gasteiger partial charge in [0, 0.05) is 50.4 Å². The third-order valence-corrected chi connectivity index (χ3v) is 5.36. The van der Waals surface area contributed by atoms with Gasteiger partial charge in [-0.05, 0) is 42.5 Å². The average Bonchev–Trinajstić information content (AvgIpc) is 2.83. The van der Waals surface area contributed by atoms with Crippen LogP contribution in [0.2, 0.25) is 0 Å². The molecule has 1 N–H and O–H groups in total. The van der Waals surface area contributed by atoms with Crippen LogP contribution in [0.25, 0.3) is 0 Å². The molecule has 8 nitrogen and oxygen atoms in total. The van der Waals surface area contributed by atoms with Crippen LogP contribution < -0.4 is 19.5 Å². The van der Waals surface area contributed by atoms with Gasteiger partial charge in [0.25, 0.3) is 11.8 Å². The summed E-state index contributed by atoms with van der Waals surface area (Å²) in [4.78, 5) is 29.1. The topological polar surface area (TPSA) is 80.3 Å². The van der Waals surface area contributed by atoms with Crippen LogP contribution in [-0.4, -0.2) is 82.2 Å². The molecule has 8 heteroatoms. The van der Waals surface area contributed by atoms with Gasteiger partial charge < -0.3 is 24.4 Å². The second-order valence-electron chi connectivity index (χ2n) is 7.19. The van der Waals surface area contributed by atoms with Crippen LogP contribution in [0.3, 0.4) is 0 Å². The lowest BCUT2D eigenvalue weighted by atomic mass is 10.1. The maximum atomic E-state index is 12.8. The normalized spacial score (nSPS) is 14.1. The van der Waals surface area contributed by atoms with E-state index in [1.807, 2.05) is 4.90 Å². The minimum Gasteiger partial charge on any atom is -0.497 e. The summed E-state index contributed by atoms with van der Waals surface area (Å²) in [6.07, 6.45) is 0. The Morgan fingerprint density at radius 2 is 1.48 bits per heavy atom. The largest absolute Gasteiger partial charge is 0.497 e. The van der Waals surface area contributed by atoms with E-state index in [2.05, 4.69) is 10.2 Å². The van der Waals surface area contributed by atoms with Crippen LogP contribution in [-0.2, 0) is 0 Å². The zero-order valence-corrected chi connectivity index (χ0v) is 18.2. The fraction of sp³-hybridized carbons (Fsp3) is 0.391. The van der Waals surface area contributed by atoms with Gasteiger partial charge in [-0.15, -0.1) is 0 Å². The molecular formula is C23H29N3O5. The van der Waals surface area contributed by atoms with E-state index < -0.39 is 0 Å². The zero-order chi connectivity index (χ0) is 22.2. The Kier molecular flexibility index (Phi) is 7.72.